The summed E-state index contributed by atoms with van der Waals surface area (Å²) in [6, 6.07) is 15.8. The molecule has 2 aromatic rings. The molecule has 0 spiro atoms. The topological polar surface area (TPSA) is 95.9 Å². The van der Waals surface area contributed by atoms with Gasteiger partial charge in [-0.05, 0) is 47.4 Å². The van der Waals surface area contributed by atoms with Gasteiger partial charge in [0.1, 0.15) is 12.6 Å². The molecule has 0 saturated carbocycles. The molecule has 2 amide bonds. The average Bonchev–Trinajstić information content (AvgIpc) is 3.15. The maximum absolute atomic E-state index is 13.0. The summed E-state index contributed by atoms with van der Waals surface area (Å²) >= 11 is 0. The van der Waals surface area contributed by atoms with E-state index < -0.39 is 18.1 Å². The smallest absolute Gasteiger partial charge is 0.407 e. The number of aliphatic carboxylic acids is 1. The first-order chi connectivity index (χ1) is 17.0. The Hall–Kier alpha value is -3.35. The van der Waals surface area contributed by atoms with Crippen molar-refractivity contribution in [3.63, 3.8) is 0 Å². The van der Waals surface area contributed by atoms with Gasteiger partial charge in [-0.2, -0.15) is 0 Å². The maximum Gasteiger partial charge on any atom is 0.407 e. The molecule has 1 saturated heterocycles. The van der Waals surface area contributed by atoms with E-state index in [-0.39, 0.29) is 24.9 Å². The van der Waals surface area contributed by atoms with Crippen molar-refractivity contribution >= 4 is 18.0 Å². The van der Waals surface area contributed by atoms with Gasteiger partial charge in [0, 0.05) is 25.4 Å². The molecule has 2 aromatic carbocycles. The van der Waals surface area contributed by atoms with Crippen molar-refractivity contribution in [3.05, 3.63) is 59.7 Å². The zero-order chi connectivity index (χ0) is 24.8. The van der Waals surface area contributed by atoms with E-state index in [1.54, 1.807) is 4.90 Å². The minimum Gasteiger partial charge on any atom is -0.481 e. The monoisotopic (exact) mass is 478 g/mol. The third-order valence-corrected chi connectivity index (χ3v) is 7.05. The van der Waals surface area contributed by atoms with Gasteiger partial charge in [0.25, 0.3) is 0 Å². The van der Waals surface area contributed by atoms with E-state index >= 15 is 0 Å². The number of fused-ring (bicyclic) bond motifs is 3. The van der Waals surface area contributed by atoms with E-state index in [2.05, 4.69) is 36.5 Å². The molecule has 0 bridgehead atoms. The molecule has 1 atom stereocenters. The SMILES string of the molecule is CCCC[C@H](NC(=O)OCC1c2ccccc2-c2ccccc21)C(=O)N1CC(CCCC(=O)O)C1. The third kappa shape index (κ3) is 5.84. The van der Waals surface area contributed by atoms with E-state index in [9.17, 15) is 14.4 Å². The fourth-order valence-corrected chi connectivity index (χ4v) is 5.14. The van der Waals surface area contributed by atoms with Crippen LogP contribution in [0.2, 0.25) is 0 Å². The van der Waals surface area contributed by atoms with Crippen LogP contribution in [0.4, 0.5) is 4.79 Å². The minimum atomic E-state index is -0.788. The number of benzene rings is 2. The van der Waals surface area contributed by atoms with Crippen molar-refractivity contribution in [3.8, 4) is 11.1 Å². The Morgan fingerprint density at radius 2 is 1.66 bits per heavy atom. The molecule has 2 N–H and O–H groups in total. The van der Waals surface area contributed by atoms with Gasteiger partial charge < -0.3 is 20.1 Å². The Morgan fingerprint density at radius 1 is 1.03 bits per heavy atom. The maximum atomic E-state index is 13.0. The number of likely N-dealkylation sites (tertiary alicyclic amines) is 1. The van der Waals surface area contributed by atoms with Crippen molar-refractivity contribution in [2.24, 2.45) is 5.92 Å². The number of rotatable bonds is 11. The first kappa shape index (κ1) is 24.8. The van der Waals surface area contributed by atoms with E-state index in [1.165, 1.54) is 11.1 Å². The number of carbonyl (C=O) groups is 3. The van der Waals surface area contributed by atoms with Crippen molar-refractivity contribution in [1.82, 2.24) is 10.2 Å². The lowest BCUT2D eigenvalue weighted by molar-refractivity contribution is -0.141. The van der Waals surface area contributed by atoms with Gasteiger partial charge in [-0.15, -0.1) is 0 Å². The number of carboxylic acids is 1. The van der Waals surface area contributed by atoms with Crippen LogP contribution in [0.5, 0.6) is 0 Å². The Bertz CT molecular complexity index is 1020. The molecular formula is C28H34N2O5. The number of carbonyl (C=O) groups excluding carboxylic acids is 2. The number of alkyl carbamates (subject to hydrolysis) is 1. The Morgan fingerprint density at radius 3 is 2.26 bits per heavy atom. The molecule has 1 fully saturated rings. The number of ether oxygens (including phenoxy) is 1. The summed E-state index contributed by atoms with van der Waals surface area (Å²) in [5.41, 5.74) is 4.64. The predicted octanol–water partition coefficient (Wildman–Crippen LogP) is 4.80. The van der Waals surface area contributed by atoms with Crippen molar-refractivity contribution in [2.75, 3.05) is 19.7 Å². The second kappa shape index (κ2) is 11.4. The third-order valence-electron chi connectivity index (χ3n) is 7.05. The Balaban J connectivity index is 1.31. The minimum absolute atomic E-state index is 0.0279. The summed E-state index contributed by atoms with van der Waals surface area (Å²) < 4.78 is 5.65. The highest BCUT2D eigenvalue weighted by Gasteiger charge is 2.35. The van der Waals surface area contributed by atoms with Crippen LogP contribution in [-0.4, -0.2) is 53.7 Å². The molecule has 0 aromatic heterocycles. The normalized spacial score (nSPS) is 15.6. The molecule has 1 aliphatic heterocycles. The zero-order valence-electron chi connectivity index (χ0n) is 20.2. The second-order valence-electron chi connectivity index (χ2n) is 9.56. The standard InChI is InChI=1S/C28H34N2O5/c1-2-3-14-25(27(33)30-16-19(17-30)9-8-15-26(31)32)29-28(34)35-18-24-22-12-6-4-10-20(22)21-11-5-7-13-23(21)24/h4-7,10-13,19,24-25H,2-3,8-9,14-18H2,1H3,(H,29,34)(H,31,32)/t25-/m0/s1. The molecule has 1 heterocycles. The molecule has 0 radical (unpaired) electrons. The van der Waals surface area contributed by atoms with Crippen molar-refractivity contribution < 1.29 is 24.2 Å². The molecule has 4 rings (SSSR count). The molecular weight excluding hydrogens is 444 g/mol. The molecule has 2 aliphatic rings. The highest BCUT2D eigenvalue weighted by Crippen LogP contribution is 2.44. The number of hydrogen-bond donors (Lipinski definition) is 2. The fraction of sp³-hybridized carbons (Fsp3) is 0.464. The van der Waals surface area contributed by atoms with Crippen LogP contribution < -0.4 is 5.32 Å². The number of unbranched alkanes of at least 4 members (excludes halogenated alkanes) is 1. The average molecular weight is 479 g/mol. The molecule has 7 heteroatoms. The van der Waals surface area contributed by atoms with Gasteiger partial charge in [0.2, 0.25) is 5.91 Å². The molecule has 0 unspecified atom stereocenters. The number of hydrogen-bond acceptors (Lipinski definition) is 4. The van der Waals surface area contributed by atoms with Crippen molar-refractivity contribution in [1.29, 1.82) is 0 Å². The van der Waals surface area contributed by atoms with E-state index in [0.717, 1.165) is 30.4 Å². The molecule has 186 valence electrons. The van der Waals surface area contributed by atoms with Gasteiger partial charge in [0.05, 0.1) is 0 Å². The van der Waals surface area contributed by atoms with Crippen LogP contribution in [0.25, 0.3) is 11.1 Å². The van der Waals surface area contributed by atoms with Crippen LogP contribution in [0.1, 0.15) is 62.5 Å². The van der Waals surface area contributed by atoms with E-state index in [4.69, 9.17) is 9.84 Å². The van der Waals surface area contributed by atoms with Gasteiger partial charge in [-0.25, -0.2) is 4.79 Å². The van der Waals surface area contributed by atoms with Crippen LogP contribution >= 0.6 is 0 Å². The summed E-state index contributed by atoms with van der Waals surface area (Å²) in [6.45, 7) is 3.50. The summed E-state index contributed by atoms with van der Waals surface area (Å²) in [5, 5.41) is 11.6. The second-order valence-corrected chi connectivity index (χ2v) is 9.56. The molecule has 35 heavy (non-hydrogen) atoms. The van der Waals surface area contributed by atoms with Gasteiger partial charge in [-0.1, -0.05) is 68.3 Å². The summed E-state index contributed by atoms with van der Waals surface area (Å²) in [7, 11) is 0. The van der Waals surface area contributed by atoms with Gasteiger partial charge in [0.15, 0.2) is 0 Å². The molecule has 1 aliphatic carbocycles. The lowest BCUT2D eigenvalue weighted by Crippen LogP contribution is -2.57. The number of nitrogens with zero attached hydrogens (tertiary/aromatic N) is 1. The fourth-order valence-electron chi connectivity index (χ4n) is 5.14. The highest BCUT2D eigenvalue weighted by molar-refractivity contribution is 5.86. The highest BCUT2D eigenvalue weighted by atomic mass is 16.5. The number of amides is 2. The zero-order valence-corrected chi connectivity index (χ0v) is 20.2. The van der Waals surface area contributed by atoms with Crippen LogP contribution in [0.3, 0.4) is 0 Å². The Kier molecular flexibility index (Phi) is 8.06. The predicted molar refractivity (Wildman–Crippen MR) is 133 cm³/mol. The Labute approximate surface area is 206 Å². The summed E-state index contributed by atoms with van der Waals surface area (Å²) in [5.74, 6) is -0.565. The lowest BCUT2D eigenvalue weighted by atomic mass is 9.92. The lowest BCUT2D eigenvalue weighted by Gasteiger charge is -2.41. The van der Waals surface area contributed by atoms with E-state index in [1.807, 2.05) is 24.3 Å². The largest absolute Gasteiger partial charge is 0.481 e. The number of nitrogens with one attached hydrogen (secondary N) is 1. The molecule has 7 nitrogen and oxygen atoms in total. The van der Waals surface area contributed by atoms with Crippen LogP contribution in [0.15, 0.2) is 48.5 Å². The van der Waals surface area contributed by atoms with Gasteiger partial charge in [-0.3, -0.25) is 9.59 Å². The summed E-state index contributed by atoms with van der Waals surface area (Å²) in [6.07, 6.45) is 3.34. The van der Waals surface area contributed by atoms with Crippen LogP contribution in [-0.2, 0) is 14.3 Å². The number of carboxylic acid groups (broad SMARTS) is 1. The van der Waals surface area contributed by atoms with E-state index in [0.29, 0.717) is 31.8 Å². The van der Waals surface area contributed by atoms with Crippen LogP contribution in [0, 0.1) is 5.92 Å². The van der Waals surface area contributed by atoms with Gasteiger partial charge >= 0.3 is 12.1 Å². The summed E-state index contributed by atoms with van der Waals surface area (Å²) in [4.78, 5) is 38.2. The quantitative estimate of drug-likeness (QED) is 0.484. The van der Waals surface area contributed by atoms with Crippen molar-refractivity contribution in [2.45, 2.75) is 57.4 Å². The first-order valence-electron chi connectivity index (χ1n) is 12.6. The first-order valence-corrected chi connectivity index (χ1v) is 12.6.